The molecule has 1 aromatic carbocycles. The molecule has 1 saturated heterocycles. The van der Waals surface area contributed by atoms with Crippen molar-refractivity contribution in [1.82, 2.24) is 4.90 Å². The highest BCUT2D eigenvalue weighted by Crippen LogP contribution is 2.26. The number of rotatable bonds is 3. The topological polar surface area (TPSA) is 29.5 Å². The normalized spacial score (nSPS) is 20.1. The zero-order valence-electron chi connectivity index (χ0n) is 8.43. The second kappa shape index (κ2) is 4.17. The maximum atomic E-state index is 11.4. The van der Waals surface area contributed by atoms with Crippen LogP contribution in [0.1, 0.15) is 11.6 Å². The quantitative estimate of drug-likeness (QED) is 0.706. The molecule has 3 heteroatoms. The molecule has 0 N–H and O–H groups in total. The van der Waals surface area contributed by atoms with Crippen LogP contribution in [-0.2, 0) is 4.74 Å². The van der Waals surface area contributed by atoms with Crippen LogP contribution in [0.25, 0.3) is 0 Å². The number of carbonyl (C=O) groups excluding carboxylic acids is 1. The molecule has 0 bridgehead atoms. The highest BCUT2D eigenvalue weighted by Gasteiger charge is 2.32. The van der Waals surface area contributed by atoms with Crippen molar-refractivity contribution in [3.8, 4) is 0 Å². The van der Waals surface area contributed by atoms with E-state index in [1.54, 1.807) is 11.0 Å². The summed E-state index contributed by atoms with van der Waals surface area (Å²) in [7, 11) is 0. The van der Waals surface area contributed by atoms with Crippen LogP contribution in [0.3, 0.4) is 0 Å². The molecule has 0 aliphatic carbocycles. The van der Waals surface area contributed by atoms with Crippen molar-refractivity contribution in [3.05, 3.63) is 48.6 Å². The van der Waals surface area contributed by atoms with E-state index in [0.29, 0.717) is 13.2 Å². The van der Waals surface area contributed by atoms with E-state index >= 15 is 0 Å². The van der Waals surface area contributed by atoms with Crippen molar-refractivity contribution in [3.63, 3.8) is 0 Å². The average Bonchev–Trinajstić information content (AvgIpc) is 2.63. The standard InChI is InChI=1S/C12H13NO2/c1-2-8-13-11(9-15-12(13)14)10-6-4-3-5-7-10/h2-7,11H,1,8-9H2. The smallest absolute Gasteiger partial charge is 0.410 e. The Kier molecular flexibility index (Phi) is 2.72. The molecule has 2 rings (SSSR count). The second-order valence-electron chi connectivity index (χ2n) is 3.44. The summed E-state index contributed by atoms with van der Waals surface area (Å²) in [5.41, 5.74) is 1.10. The van der Waals surface area contributed by atoms with Gasteiger partial charge in [-0.15, -0.1) is 6.58 Å². The molecule has 3 nitrogen and oxygen atoms in total. The Hall–Kier alpha value is -1.77. The molecule has 78 valence electrons. The lowest BCUT2D eigenvalue weighted by atomic mass is 10.1. The van der Waals surface area contributed by atoms with Gasteiger partial charge in [-0.25, -0.2) is 4.79 Å². The molecule has 1 aliphatic rings. The summed E-state index contributed by atoms with van der Waals surface area (Å²) in [6.45, 7) is 4.59. The fourth-order valence-corrected chi connectivity index (χ4v) is 1.74. The van der Waals surface area contributed by atoms with Crippen LogP contribution >= 0.6 is 0 Å². The summed E-state index contributed by atoms with van der Waals surface area (Å²) in [5.74, 6) is 0. The highest BCUT2D eigenvalue weighted by molar-refractivity contribution is 5.70. The van der Waals surface area contributed by atoms with Gasteiger partial charge in [0.25, 0.3) is 0 Å². The van der Waals surface area contributed by atoms with Gasteiger partial charge in [-0.05, 0) is 5.56 Å². The van der Waals surface area contributed by atoms with Crippen LogP contribution in [0.4, 0.5) is 4.79 Å². The van der Waals surface area contributed by atoms with E-state index in [2.05, 4.69) is 6.58 Å². The second-order valence-corrected chi connectivity index (χ2v) is 3.44. The molecule has 0 radical (unpaired) electrons. The first-order valence-corrected chi connectivity index (χ1v) is 4.92. The van der Waals surface area contributed by atoms with Crippen LogP contribution in [-0.4, -0.2) is 24.1 Å². The van der Waals surface area contributed by atoms with Crippen LogP contribution in [0.2, 0.25) is 0 Å². The third kappa shape index (κ3) is 1.86. The van der Waals surface area contributed by atoms with Gasteiger partial charge < -0.3 is 4.74 Å². The van der Waals surface area contributed by atoms with Gasteiger partial charge >= 0.3 is 6.09 Å². The van der Waals surface area contributed by atoms with Gasteiger partial charge in [-0.2, -0.15) is 0 Å². The van der Waals surface area contributed by atoms with Crippen LogP contribution in [0.5, 0.6) is 0 Å². The molecule has 1 fully saturated rings. The molecular weight excluding hydrogens is 190 g/mol. The number of benzene rings is 1. The first-order valence-electron chi connectivity index (χ1n) is 4.92. The number of cyclic esters (lactones) is 1. The molecule has 1 atom stereocenters. The van der Waals surface area contributed by atoms with Crippen molar-refractivity contribution in [2.45, 2.75) is 6.04 Å². The Balaban J connectivity index is 2.22. The molecule has 0 spiro atoms. The summed E-state index contributed by atoms with van der Waals surface area (Å²) in [6, 6.07) is 9.91. The maximum absolute atomic E-state index is 11.4. The summed E-state index contributed by atoms with van der Waals surface area (Å²) in [6.07, 6.45) is 1.45. The van der Waals surface area contributed by atoms with Crippen LogP contribution in [0, 0.1) is 0 Å². The van der Waals surface area contributed by atoms with Crippen molar-refractivity contribution in [2.24, 2.45) is 0 Å². The Morgan fingerprint density at radius 2 is 2.20 bits per heavy atom. The summed E-state index contributed by atoms with van der Waals surface area (Å²) in [4.78, 5) is 13.1. The largest absolute Gasteiger partial charge is 0.447 e. The molecule has 1 amide bonds. The fraction of sp³-hybridized carbons (Fsp3) is 0.250. The molecular formula is C12H13NO2. The number of carbonyl (C=O) groups is 1. The van der Waals surface area contributed by atoms with E-state index in [4.69, 9.17) is 4.74 Å². The average molecular weight is 203 g/mol. The van der Waals surface area contributed by atoms with Crippen LogP contribution in [0.15, 0.2) is 43.0 Å². The Morgan fingerprint density at radius 1 is 1.47 bits per heavy atom. The number of hydrogen-bond donors (Lipinski definition) is 0. The molecule has 15 heavy (non-hydrogen) atoms. The van der Waals surface area contributed by atoms with E-state index in [9.17, 15) is 4.79 Å². The third-order valence-electron chi connectivity index (χ3n) is 2.49. The summed E-state index contributed by atoms with van der Waals surface area (Å²) < 4.78 is 5.02. The predicted molar refractivity (Wildman–Crippen MR) is 57.4 cm³/mol. The van der Waals surface area contributed by atoms with Crippen LogP contribution < -0.4 is 0 Å². The maximum Gasteiger partial charge on any atom is 0.410 e. The van der Waals surface area contributed by atoms with Gasteiger partial charge in [-0.1, -0.05) is 36.4 Å². The van der Waals surface area contributed by atoms with Gasteiger partial charge in [-0.3, -0.25) is 4.90 Å². The first kappa shape index (κ1) is 9.77. The van der Waals surface area contributed by atoms with E-state index in [1.807, 2.05) is 30.3 Å². The van der Waals surface area contributed by atoms with Gasteiger partial charge in [0.05, 0.1) is 6.04 Å². The lowest BCUT2D eigenvalue weighted by Crippen LogP contribution is -2.27. The fourth-order valence-electron chi connectivity index (χ4n) is 1.74. The zero-order chi connectivity index (χ0) is 10.7. The monoisotopic (exact) mass is 203 g/mol. The van der Waals surface area contributed by atoms with Crippen molar-refractivity contribution in [1.29, 1.82) is 0 Å². The SMILES string of the molecule is C=CCN1C(=O)OCC1c1ccccc1. The summed E-state index contributed by atoms with van der Waals surface area (Å²) in [5, 5.41) is 0. The Labute approximate surface area is 89.0 Å². The first-order chi connectivity index (χ1) is 7.33. The predicted octanol–water partition coefficient (Wildman–Crippen LogP) is 2.37. The highest BCUT2D eigenvalue weighted by atomic mass is 16.6. The van der Waals surface area contributed by atoms with Crippen molar-refractivity contribution in [2.75, 3.05) is 13.2 Å². The van der Waals surface area contributed by atoms with Gasteiger partial charge in [0.2, 0.25) is 0 Å². The lowest BCUT2D eigenvalue weighted by Gasteiger charge is -2.19. The summed E-state index contributed by atoms with van der Waals surface area (Å²) >= 11 is 0. The Bertz CT molecular complexity index is 361. The van der Waals surface area contributed by atoms with E-state index in [0.717, 1.165) is 5.56 Å². The third-order valence-corrected chi connectivity index (χ3v) is 2.49. The minimum Gasteiger partial charge on any atom is -0.447 e. The minimum atomic E-state index is -0.260. The van der Waals surface area contributed by atoms with Gasteiger partial charge in [0.15, 0.2) is 0 Å². The molecule has 0 saturated carbocycles. The minimum absolute atomic E-state index is 0.0247. The van der Waals surface area contributed by atoms with Gasteiger partial charge in [0.1, 0.15) is 6.61 Å². The molecule has 1 aromatic rings. The number of hydrogen-bond acceptors (Lipinski definition) is 2. The van der Waals surface area contributed by atoms with Gasteiger partial charge in [0, 0.05) is 6.54 Å². The van der Waals surface area contributed by atoms with Crippen molar-refractivity contribution >= 4 is 6.09 Å². The van der Waals surface area contributed by atoms with Crippen molar-refractivity contribution < 1.29 is 9.53 Å². The molecule has 0 aromatic heterocycles. The number of nitrogens with zero attached hydrogens (tertiary/aromatic N) is 1. The Morgan fingerprint density at radius 3 is 2.87 bits per heavy atom. The number of ether oxygens (including phenoxy) is 1. The lowest BCUT2D eigenvalue weighted by molar-refractivity contribution is 0.160. The van der Waals surface area contributed by atoms with E-state index in [-0.39, 0.29) is 12.1 Å². The molecule has 1 aliphatic heterocycles. The molecule has 1 unspecified atom stereocenters. The zero-order valence-corrected chi connectivity index (χ0v) is 8.43. The molecule has 1 heterocycles. The van der Waals surface area contributed by atoms with E-state index < -0.39 is 0 Å². The van der Waals surface area contributed by atoms with E-state index in [1.165, 1.54) is 0 Å². The number of amides is 1.